The van der Waals surface area contributed by atoms with Gasteiger partial charge in [0.15, 0.2) is 0 Å². The predicted octanol–water partition coefficient (Wildman–Crippen LogP) is 4.17. The molecular weight excluding hydrogens is 406 g/mol. The maximum Gasteiger partial charge on any atom is 0.321 e. The Balaban J connectivity index is 1.16. The maximum absolute atomic E-state index is 12.6. The third-order valence-electron chi connectivity index (χ3n) is 6.43. The van der Waals surface area contributed by atoms with Crippen molar-refractivity contribution in [2.75, 3.05) is 25.0 Å². The lowest BCUT2D eigenvalue weighted by molar-refractivity contribution is -0.123. The van der Waals surface area contributed by atoms with Gasteiger partial charge in [-0.2, -0.15) is 4.98 Å². The summed E-state index contributed by atoms with van der Waals surface area (Å²) >= 11 is 0. The number of hydrogen-bond donors (Lipinski definition) is 1. The zero-order valence-electron chi connectivity index (χ0n) is 17.9. The van der Waals surface area contributed by atoms with Crippen LogP contribution in [0.4, 0.5) is 10.5 Å². The number of hydrogen-bond acceptors (Lipinski definition) is 6. The number of rotatable bonds is 4. The molecule has 32 heavy (non-hydrogen) atoms. The Hall–Kier alpha value is -3.26. The second kappa shape index (κ2) is 9.08. The fraction of sp³-hybridized carbons (Fsp3) is 0.417. The molecule has 2 aliphatic rings. The Morgan fingerprint density at radius 1 is 1.16 bits per heavy atom. The molecule has 1 N–H and O–H groups in total. The number of pyridine rings is 1. The lowest BCUT2D eigenvalue weighted by Gasteiger charge is -2.46. The Kier molecular flexibility index (Phi) is 5.85. The van der Waals surface area contributed by atoms with Crippen LogP contribution in [-0.4, -0.2) is 51.4 Å². The number of likely N-dealkylation sites (tertiary alicyclic amines) is 1. The van der Waals surface area contributed by atoms with Crippen LogP contribution in [0.5, 0.6) is 0 Å². The summed E-state index contributed by atoms with van der Waals surface area (Å²) in [5, 5.41) is 7.09. The minimum atomic E-state index is -0.168. The molecule has 1 unspecified atom stereocenters. The average molecular weight is 434 g/mol. The van der Waals surface area contributed by atoms with Gasteiger partial charge in [0.05, 0.1) is 5.60 Å². The topological polar surface area (TPSA) is 93.4 Å². The largest absolute Gasteiger partial charge is 0.375 e. The average Bonchev–Trinajstić information content (AvgIpc) is 3.29. The molecule has 1 atom stereocenters. The van der Waals surface area contributed by atoms with Crippen molar-refractivity contribution in [3.8, 4) is 11.4 Å². The highest BCUT2D eigenvalue weighted by molar-refractivity contribution is 5.89. The molecule has 0 radical (unpaired) electrons. The van der Waals surface area contributed by atoms with Gasteiger partial charge in [-0.05, 0) is 55.9 Å². The number of nitrogens with one attached hydrogen (secondary N) is 1. The van der Waals surface area contributed by atoms with Gasteiger partial charge in [0, 0.05) is 49.8 Å². The van der Waals surface area contributed by atoms with Gasteiger partial charge in [-0.25, -0.2) is 4.79 Å². The third kappa shape index (κ3) is 4.65. The summed E-state index contributed by atoms with van der Waals surface area (Å²) in [6.07, 6.45) is 7.82. The monoisotopic (exact) mass is 433 g/mol. The van der Waals surface area contributed by atoms with E-state index in [1.54, 1.807) is 12.4 Å². The number of nitrogens with zero attached hydrogens (tertiary/aromatic N) is 4. The summed E-state index contributed by atoms with van der Waals surface area (Å²) in [7, 11) is 0. The lowest BCUT2D eigenvalue weighted by Crippen LogP contribution is -2.51. The summed E-state index contributed by atoms with van der Waals surface area (Å²) in [6.45, 7) is 2.11. The van der Waals surface area contributed by atoms with E-state index in [0.717, 1.165) is 50.0 Å². The second-order valence-electron chi connectivity index (χ2n) is 8.63. The van der Waals surface area contributed by atoms with Crippen LogP contribution >= 0.6 is 0 Å². The number of ether oxygens (including phenoxy) is 1. The van der Waals surface area contributed by atoms with Gasteiger partial charge in [-0.1, -0.05) is 23.4 Å². The van der Waals surface area contributed by atoms with E-state index >= 15 is 0 Å². The smallest absolute Gasteiger partial charge is 0.321 e. The van der Waals surface area contributed by atoms with Crippen LogP contribution in [0.1, 0.15) is 31.6 Å². The van der Waals surface area contributed by atoms with Crippen LogP contribution in [-0.2, 0) is 11.2 Å². The van der Waals surface area contributed by atoms with E-state index in [9.17, 15) is 4.79 Å². The summed E-state index contributed by atoms with van der Waals surface area (Å²) in [5.41, 5.74) is 1.50. The molecule has 2 saturated heterocycles. The Labute approximate surface area is 187 Å². The molecule has 8 nitrogen and oxygen atoms in total. The van der Waals surface area contributed by atoms with Gasteiger partial charge in [0.1, 0.15) is 0 Å². The van der Waals surface area contributed by atoms with Crippen molar-refractivity contribution in [2.24, 2.45) is 5.92 Å². The molecule has 1 aromatic carbocycles. The highest BCUT2D eigenvalue weighted by Gasteiger charge is 2.41. The number of urea groups is 1. The van der Waals surface area contributed by atoms with Crippen molar-refractivity contribution >= 4 is 11.7 Å². The van der Waals surface area contributed by atoms with E-state index in [4.69, 9.17) is 9.26 Å². The van der Waals surface area contributed by atoms with Gasteiger partial charge in [-0.3, -0.25) is 4.98 Å². The van der Waals surface area contributed by atoms with Gasteiger partial charge >= 0.3 is 6.03 Å². The van der Waals surface area contributed by atoms with E-state index in [-0.39, 0.29) is 11.6 Å². The molecule has 2 amide bonds. The number of carbonyl (C=O) groups excluding carboxylic acids is 1. The summed E-state index contributed by atoms with van der Waals surface area (Å²) in [5.74, 6) is 1.66. The molecule has 0 saturated carbocycles. The molecule has 166 valence electrons. The molecule has 3 aromatic rings. The first kappa shape index (κ1) is 20.6. The predicted molar refractivity (Wildman–Crippen MR) is 119 cm³/mol. The summed E-state index contributed by atoms with van der Waals surface area (Å²) in [4.78, 5) is 23.2. The fourth-order valence-electron chi connectivity index (χ4n) is 4.69. The van der Waals surface area contributed by atoms with Crippen molar-refractivity contribution in [1.82, 2.24) is 20.0 Å². The zero-order valence-corrected chi connectivity index (χ0v) is 17.9. The molecule has 0 bridgehead atoms. The minimum absolute atomic E-state index is 0.0489. The Morgan fingerprint density at radius 3 is 2.78 bits per heavy atom. The fourth-order valence-corrected chi connectivity index (χ4v) is 4.69. The molecule has 2 fully saturated rings. The Morgan fingerprint density at radius 2 is 2.00 bits per heavy atom. The number of para-hydroxylation sites is 1. The molecule has 0 aliphatic carbocycles. The zero-order chi connectivity index (χ0) is 21.8. The van der Waals surface area contributed by atoms with Crippen LogP contribution < -0.4 is 5.32 Å². The lowest BCUT2D eigenvalue weighted by atomic mass is 9.78. The van der Waals surface area contributed by atoms with Crippen molar-refractivity contribution in [2.45, 2.75) is 37.7 Å². The first-order chi connectivity index (χ1) is 15.7. The standard InChI is InChI=1S/C24H27N5O3/c30-23(26-20-6-2-1-3-7-20)29-12-9-24(10-13-29)16-18(8-14-31-24)15-21-27-22(28-32-21)19-5-4-11-25-17-19/h1-7,11,17-18H,8-10,12-16H2,(H,26,30). The SMILES string of the molecule is O=C(Nc1ccccc1)N1CCC2(CC1)CC(Cc1nc(-c3cccnc3)no1)CCO2. The van der Waals surface area contributed by atoms with Crippen molar-refractivity contribution < 1.29 is 14.1 Å². The number of carbonyl (C=O) groups is 1. The molecule has 2 aromatic heterocycles. The van der Waals surface area contributed by atoms with E-state index in [2.05, 4.69) is 20.4 Å². The number of anilines is 1. The first-order valence-electron chi connectivity index (χ1n) is 11.2. The van der Waals surface area contributed by atoms with E-state index in [0.29, 0.717) is 30.7 Å². The Bertz CT molecular complexity index is 1030. The van der Waals surface area contributed by atoms with Crippen molar-refractivity contribution in [1.29, 1.82) is 0 Å². The van der Waals surface area contributed by atoms with Crippen molar-refractivity contribution in [3.05, 3.63) is 60.7 Å². The maximum atomic E-state index is 12.6. The van der Waals surface area contributed by atoms with Crippen LogP contribution in [0.3, 0.4) is 0 Å². The molecule has 8 heteroatoms. The first-order valence-corrected chi connectivity index (χ1v) is 11.2. The molecule has 5 rings (SSSR count). The van der Waals surface area contributed by atoms with Gasteiger partial charge in [0.2, 0.25) is 11.7 Å². The van der Waals surface area contributed by atoms with E-state index in [1.165, 1.54) is 0 Å². The van der Waals surface area contributed by atoms with Crippen LogP contribution in [0.15, 0.2) is 59.4 Å². The van der Waals surface area contributed by atoms with Crippen LogP contribution in [0, 0.1) is 5.92 Å². The number of benzene rings is 1. The summed E-state index contributed by atoms with van der Waals surface area (Å²) in [6, 6.07) is 13.3. The number of piperidine rings is 1. The van der Waals surface area contributed by atoms with Gasteiger partial charge in [0.25, 0.3) is 0 Å². The second-order valence-corrected chi connectivity index (χ2v) is 8.63. The van der Waals surface area contributed by atoms with E-state index in [1.807, 2.05) is 47.4 Å². The highest BCUT2D eigenvalue weighted by atomic mass is 16.5. The third-order valence-corrected chi connectivity index (χ3v) is 6.43. The molecule has 2 aliphatic heterocycles. The van der Waals surface area contributed by atoms with Gasteiger partial charge in [-0.15, -0.1) is 0 Å². The normalized spacial score (nSPS) is 20.2. The highest BCUT2D eigenvalue weighted by Crippen LogP contribution is 2.39. The quantitative estimate of drug-likeness (QED) is 0.664. The van der Waals surface area contributed by atoms with Crippen LogP contribution in [0.25, 0.3) is 11.4 Å². The van der Waals surface area contributed by atoms with Crippen molar-refractivity contribution in [3.63, 3.8) is 0 Å². The number of aromatic nitrogens is 3. The molecular formula is C24H27N5O3. The van der Waals surface area contributed by atoms with Crippen LogP contribution in [0.2, 0.25) is 0 Å². The van der Waals surface area contributed by atoms with Gasteiger partial charge < -0.3 is 19.5 Å². The van der Waals surface area contributed by atoms with E-state index < -0.39 is 0 Å². The number of amides is 2. The molecule has 1 spiro atoms. The molecule has 4 heterocycles. The minimum Gasteiger partial charge on any atom is -0.375 e. The summed E-state index contributed by atoms with van der Waals surface area (Å²) < 4.78 is 11.8.